The van der Waals surface area contributed by atoms with Crippen molar-refractivity contribution >= 4 is 17.4 Å². The Morgan fingerprint density at radius 1 is 1.05 bits per heavy atom. The fraction of sp³-hybridized carbons (Fsp3) is 0.133. The van der Waals surface area contributed by atoms with Gasteiger partial charge in [-0.05, 0) is 25.1 Å². The highest BCUT2D eigenvalue weighted by molar-refractivity contribution is 5.95. The number of carbonyl (C=O) groups is 2. The molecule has 1 heterocycles. The van der Waals surface area contributed by atoms with Crippen LogP contribution in [-0.4, -0.2) is 16.7 Å². The number of hydrogen-bond donors (Lipinski definition) is 1. The van der Waals surface area contributed by atoms with Crippen LogP contribution in [0.5, 0.6) is 0 Å². The first-order chi connectivity index (χ1) is 9.08. The van der Waals surface area contributed by atoms with Gasteiger partial charge in [0.15, 0.2) is 5.78 Å². The summed E-state index contributed by atoms with van der Waals surface area (Å²) in [6.45, 7) is 2.96. The number of pyridine rings is 1. The van der Waals surface area contributed by atoms with Crippen molar-refractivity contribution in [2.45, 2.75) is 13.8 Å². The Morgan fingerprint density at radius 3 is 2.37 bits per heavy atom. The molecular weight excluding hydrogens is 240 g/mol. The van der Waals surface area contributed by atoms with Crippen molar-refractivity contribution in [1.29, 1.82) is 0 Å². The van der Waals surface area contributed by atoms with Crippen LogP contribution in [0.15, 0.2) is 42.6 Å². The first-order valence-corrected chi connectivity index (χ1v) is 5.92. The second kappa shape index (κ2) is 5.44. The lowest BCUT2D eigenvalue weighted by atomic mass is 10.1. The van der Waals surface area contributed by atoms with E-state index in [1.165, 1.54) is 13.8 Å². The van der Waals surface area contributed by atoms with Crippen LogP contribution >= 0.6 is 0 Å². The number of rotatable bonds is 3. The van der Waals surface area contributed by atoms with Crippen molar-refractivity contribution in [1.82, 2.24) is 4.98 Å². The average Bonchev–Trinajstić information content (AvgIpc) is 2.39. The molecule has 1 amide bonds. The number of para-hydroxylation sites is 1. The molecule has 0 saturated heterocycles. The first kappa shape index (κ1) is 13.0. The number of ketones is 1. The topological polar surface area (TPSA) is 59.1 Å². The van der Waals surface area contributed by atoms with Crippen LogP contribution in [0.3, 0.4) is 0 Å². The minimum atomic E-state index is -0.132. The lowest BCUT2D eigenvalue weighted by Gasteiger charge is -2.09. The third kappa shape index (κ3) is 3.04. The zero-order valence-electron chi connectivity index (χ0n) is 10.8. The molecule has 1 aromatic carbocycles. The maximum absolute atomic E-state index is 11.2. The largest absolute Gasteiger partial charge is 0.326 e. The third-order valence-electron chi connectivity index (χ3n) is 2.68. The van der Waals surface area contributed by atoms with Gasteiger partial charge >= 0.3 is 0 Å². The molecule has 96 valence electrons. The van der Waals surface area contributed by atoms with E-state index in [4.69, 9.17) is 0 Å². The molecule has 0 aliphatic heterocycles. The van der Waals surface area contributed by atoms with Crippen LogP contribution in [0, 0.1) is 0 Å². The van der Waals surface area contributed by atoms with Crippen LogP contribution in [-0.2, 0) is 4.79 Å². The van der Waals surface area contributed by atoms with Crippen LogP contribution in [0.2, 0.25) is 0 Å². The molecule has 4 heteroatoms. The molecule has 0 aliphatic rings. The smallest absolute Gasteiger partial charge is 0.221 e. The molecule has 1 aromatic heterocycles. The molecule has 0 unspecified atom stereocenters. The fourth-order valence-corrected chi connectivity index (χ4v) is 1.77. The molecule has 2 aromatic rings. The standard InChI is InChI=1S/C15H14N2O2/c1-10(18)12-7-8-14(16-9-12)13-5-3-4-6-15(13)17-11(2)19/h3-9H,1-2H3,(H,17,19). The Balaban J connectivity index is 2.41. The zero-order chi connectivity index (χ0) is 13.8. The quantitative estimate of drug-likeness (QED) is 0.857. The third-order valence-corrected chi connectivity index (χ3v) is 2.68. The summed E-state index contributed by atoms with van der Waals surface area (Å²) >= 11 is 0. The van der Waals surface area contributed by atoms with Crippen molar-refractivity contribution < 1.29 is 9.59 Å². The molecule has 19 heavy (non-hydrogen) atoms. The van der Waals surface area contributed by atoms with E-state index in [0.29, 0.717) is 16.9 Å². The van der Waals surface area contributed by atoms with Crippen molar-refractivity contribution in [2.75, 3.05) is 5.32 Å². The van der Waals surface area contributed by atoms with Crippen LogP contribution < -0.4 is 5.32 Å². The van der Waals surface area contributed by atoms with Crippen molar-refractivity contribution in [2.24, 2.45) is 0 Å². The first-order valence-electron chi connectivity index (χ1n) is 5.92. The minimum Gasteiger partial charge on any atom is -0.326 e. The van der Waals surface area contributed by atoms with Crippen molar-refractivity contribution in [3.05, 3.63) is 48.2 Å². The second-order valence-corrected chi connectivity index (χ2v) is 4.22. The Morgan fingerprint density at radius 2 is 1.79 bits per heavy atom. The van der Waals surface area contributed by atoms with E-state index in [1.54, 1.807) is 18.3 Å². The summed E-state index contributed by atoms with van der Waals surface area (Å²) in [6.07, 6.45) is 1.54. The van der Waals surface area contributed by atoms with E-state index < -0.39 is 0 Å². The van der Waals surface area contributed by atoms with Crippen LogP contribution in [0.4, 0.5) is 5.69 Å². The lowest BCUT2D eigenvalue weighted by molar-refractivity contribution is -0.114. The number of Topliss-reactive ketones (excluding diaryl/α,β-unsaturated/α-hetero) is 1. The molecule has 4 nitrogen and oxygen atoms in total. The van der Waals surface area contributed by atoms with Gasteiger partial charge in [0.2, 0.25) is 5.91 Å². The van der Waals surface area contributed by atoms with E-state index >= 15 is 0 Å². The van der Waals surface area contributed by atoms with Gasteiger partial charge in [-0.25, -0.2) is 0 Å². The van der Waals surface area contributed by atoms with Crippen molar-refractivity contribution in [3.63, 3.8) is 0 Å². The summed E-state index contributed by atoms with van der Waals surface area (Å²) in [7, 11) is 0. The SMILES string of the molecule is CC(=O)Nc1ccccc1-c1ccc(C(C)=O)cn1. The number of anilines is 1. The Kier molecular flexibility index (Phi) is 3.71. The molecule has 0 bridgehead atoms. The maximum atomic E-state index is 11.2. The van der Waals surface area contributed by atoms with E-state index in [9.17, 15) is 9.59 Å². The summed E-state index contributed by atoms with van der Waals surface area (Å²) in [5, 5.41) is 2.76. The highest BCUT2D eigenvalue weighted by atomic mass is 16.1. The number of amides is 1. The number of benzene rings is 1. The van der Waals surface area contributed by atoms with Gasteiger partial charge in [0.05, 0.1) is 11.4 Å². The second-order valence-electron chi connectivity index (χ2n) is 4.22. The molecule has 1 N–H and O–H groups in total. The molecule has 0 atom stereocenters. The fourth-order valence-electron chi connectivity index (χ4n) is 1.77. The van der Waals surface area contributed by atoms with Gasteiger partial charge in [-0.15, -0.1) is 0 Å². The maximum Gasteiger partial charge on any atom is 0.221 e. The van der Waals surface area contributed by atoms with E-state index in [1.807, 2.05) is 24.3 Å². The Bertz CT molecular complexity index is 618. The van der Waals surface area contributed by atoms with Crippen LogP contribution in [0.25, 0.3) is 11.3 Å². The summed E-state index contributed by atoms with van der Waals surface area (Å²) < 4.78 is 0. The van der Waals surface area contributed by atoms with Crippen LogP contribution in [0.1, 0.15) is 24.2 Å². The molecular formula is C15H14N2O2. The molecule has 0 radical (unpaired) electrons. The summed E-state index contributed by atoms with van der Waals surface area (Å²) in [5.41, 5.74) is 2.82. The summed E-state index contributed by atoms with van der Waals surface area (Å²) in [5.74, 6) is -0.151. The lowest BCUT2D eigenvalue weighted by Crippen LogP contribution is -2.07. The summed E-state index contributed by atoms with van der Waals surface area (Å²) in [6, 6.07) is 10.9. The van der Waals surface area contributed by atoms with Gasteiger partial charge in [-0.2, -0.15) is 0 Å². The molecule has 0 spiro atoms. The average molecular weight is 254 g/mol. The molecule has 0 fully saturated rings. The van der Waals surface area contributed by atoms with E-state index in [2.05, 4.69) is 10.3 Å². The van der Waals surface area contributed by atoms with Gasteiger partial charge in [-0.1, -0.05) is 18.2 Å². The highest BCUT2D eigenvalue weighted by Crippen LogP contribution is 2.26. The minimum absolute atomic E-state index is 0.0193. The number of nitrogens with zero attached hydrogens (tertiary/aromatic N) is 1. The predicted molar refractivity (Wildman–Crippen MR) is 74.0 cm³/mol. The Hall–Kier alpha value is -2.49. The van der Waals surface area contributed by atoms with Gasteiger partial charge < -0.3 is 5.32 Å². The summed E-state index contributed by atoms with van der Waals surface area (Å²) in [4.78, 5) is 26.6. The number of carbonyl (C=O) groups excluding carboxylic acids is 2. The molecule has 0 aliphatic carbocycles. The number of aromatic nitrogens is 1. The molecule has 2 rings (SSSR count). The van der Waals surface area contributed by atoms with Gasteiger partial charge in [0.25, 0.3) is 0 Å². The van der Waals surface area contributed by atoms with Gasteiger partial charge in [0, 0.05) is 24.2 Å². The molecule has 0 saturated carbocycles. The normalized spacial score (nSPS) is 10.0. The van der Waals surface area contributed by atoms with Gasteiger partial charge in [-0.3, -0.25) is 14.6 Å². The van der Waals surface area contributed by atoms with Crippen molar-refractivity contribution in [3.8, 4) is 11.3 Å². The Labute approximate surface area is 111 Å². The monoisotopic (exact) mass is 254 g/mol. The zero-order valence-corrected chi connectivity index (χ0v) is 10.8. The van der Waals surface area contributed by atoms with E-state index in [-0.39, 0.29) is 11.7 Å². The number of hydrogen-bond acceptors (Lipinski definition) is 3. The van der Waals surface area contributed by atoms with Gasteiger partial charge in [0.1, 0.15) is 0 Å². The predicted octanol–water partition coefficient (Wildman–Crippen LogP) is 2.91. The van der Waals surface area contributed by atoms with E-state index in [0.717, 1.165) is 5.56 Å². The number of nitrogens with one attached hydrogen (secondary N) is 1. The highest BCUT2D eigenvalue weighted by Gasteiger charge is 2.07.